The van der Waals surface area contributed by atoms with Crippen LogP contribution in [0.1, 0.15) is 39.3 Å². The second-order valence-electron chi connectivity index (χ2n) is 5.91. The summed E-state index contributed by atoms with van der Waals surface area (Å²) in [7, 11) is 0. The fourth-order valence-electron chi connectivity index (χ4n) is 2.88. The second kappa shape index (κ2) is 6.12. The van der Waals surface area contributed by atoms with Crippen LogP contribution < -0.4 is 10.5 Å². The van der Waals surface area contributed by atoms with Gasteiger partial charge in [0.15, 0.2) is 11.5 Å². The van der Waals surface area contributed by atoms with Gasteiger partial charge in [0.1, 0.15) is 5.75 Å². The van der Waals surface area contributed by atoms with Gasteiger partial charge in [0, 0.05) is 12.0 Å². The summed E-state index contributed by atoms with van der Waals surface area (Å²) < 4.78 is 13.4. The number of nitrogens with two attached hydrogens (primary N) is 1. The summed E-state index contributed by atoms with van der Waals surface area (Å²) in [5.74, 6) is 1.27. The van der Waals surface area contributed by atoms with Crippen LogP contribution in [0.3, 0.4) is 0 Å². The van der Waals surface area contributed by atoms with Gasteiger partial charge in [-0.3, -0.25) is 0 Å². The third kappa shape index (κ3) is 2.74. The molecule has 23 heavy (non-hydrogen) atoms. The van der Waals surface area contributed by atoms with E-state index < -0.39 is 0 Å². The maximum Gasteiger partial charge on any atom is 0.273 e. The average Bonchev–Trinajstić information content (AvgIpc) is 2.83. The zero-order valence-electron chi connectivity index (χ0n) is 14.0. The summed E-state index contributed by atoms with van der Waals surface area (Å²) in [6.45, 7) is 9.16. The van der Waals surface area contributed by atoms with Crippen LogP contribution in [0, 0.1) is 0 Å². The first-order valence-corrected chi connectivity index (χ1v) is 7.97. The molecule has 122 valence electrons. The molecule has 3 rings (SSSR count). The summed E-state index contributed by atoms with van der Waals surface area (Å²) in [5.41, 5.74) is 8.75. The second-order valence-corrected chi connectivity index (χ2v) is 5.91. The number of nitrogen functional groups attached to an aromatic ring is 1. The Hall–Kier alpha value is -2.21. The molecule has 1 unspecified atom stereocenters. The fourth-order valence-corrected chi connectivity index (χ4v) is 2.88. The largest absolute Gasteiger partial charge is 0.490 e. The van der Waals surface area contributed by atoms with Crippen molar-refractivity contribution < 1.29 is 14.2 Å². The number of benzene rings is 1. The van der Waals surface area contributed by atoms with E-state index in [-0.39, 0.29) is 12.1 Å². The monoisotopic (exact) mass is 315 g/mol. The van der Waals surface area contributed by atoms with Crippen LogP contribution in [-0.2, 0) is 4.74 Å². The van der Waals surface area contributed by atoms with Crippen molar-refractivity contribution in [1.29, 1.82) is 0 Å². The number of pyridine rings is 1. The highest BCUT2D eigenvalue weighted by molar-refractivity contribution is 5.95. The van der Waals surface area contributed by atoms with Crippen LogP contribution in [0.15, 0.2) is 23.3 Å². The van der Waals surface area contributed by atoms with Crippen molar-refractivity contribution >= 4 is 22.4 Å². The molecule has 0 radical (unpaired) electrons. The van der Waals surface area contributed by atoms with E-state index in [9.17, 15) is 0 Å². The first kappa shape index (κ1) is 15.7. The Balaban J connectivity index is 2.17. The molecule has 0 spiro atoms. The summed E-state index contributed by atoms with van der Waals surface area (Å²) in [6, 6.07) is 5.92. The zero-order chi connectivity index (χ0) is 16.6. The van der Waals surface area contributed by atoms with Crippen molar-refractivity contribution in [3.8, 4) is 5.75 Å². The van der Waals surface area contributed by atoms with E-state index in [1.165, 1.54) is 0 Å². The van der Waals surface area contributed by atoms with Gasteiger partial charge >= 0.3 is 0 Å². The van der Waals surface area contributed by atoms with Gasteiger partial charge in [-0.2, -0.15) is 0 Å². The Kier molecular flexibility index (Phi) is 4.17. The number of hydrogen-bond acceptors (Lipinski definition) is 5. The molecule has 2 heterocycles. The number of nitrogens with zero attached hydrogens (tertiary/aromatic N) is 3. The average molecular weight is 315 g/mol. The highest BCUT2D eigenvalue weighted by atomic mass is 16.5. The van der Waals surface area contributed by atoms with Crippen LogP contribution in [0.5, 0.6) is 5.75 Å². The first-order valence-electron chi connectivity index (χ1n) is 7.97. The maximum absolute atomic E-state index is 6.13. The zero-order valence-corrected chi connectivity index (χ0v) is 14.0. The highest BCUT2D eigenvalue weighted by Gasteiger charge is 2.36. The van der Waals surface area contributed by atoms with E-state index in [1.54, 1.807) is 0 Å². The number of anilines is 1. The predicted octanol–water partition coefficient (Wildman–Crippen LogP) is 3.77. The van der Waals surface area contributed by atoms with Crippen LogP contribution in [0.2, 0.25) is 0 Å². The number of fused-ring (bicyclic) bond motifs is 3. The number of aromatic nitrogens is 1. The summed E-state index contributed by atoms with van der Waals surface area (Å²) in [6.07, 6.45) is 0.0852. The van der Waals surface area contributed by atoms with Crippen LogP contribution in [-0.4, -0.2) is 29.1 Å². The lowest BCUT2D eigenvalue weighted by atomic mass is 10.0. The molecule has 0 saturated carbocycles. The van der Waals surface area contributed by atoms with Gasteiger partial charge < -0.3 is 15.2 Å². The topological polar surface area (TPSA) is 72.7 Å². The van der Waals surface area contributed by atoms with E-state index in [1.807, 2.05) is 43.7 Å². The third-order valence-electron chi connectivity index (χ3n) is 3.90. The van der Waals surface area contributed by atoms with Crippen molar-refractivity contribution in [3.05, 3.63) is 23.8 Å². The number of azo groups is 2. The van der Waals surface area contributed by atoms with Gasteiger partial charge in [-0.15, -0.1) is 0 Å². The van der Waals surface area contributed by atoms with Gasteiger partial charge in [0.2, 0.25) is 6.04 Å². The highest BCUT2D eigenvalue weighted by Crippen LogP contribution is 2.45. The Labute approximate surface area is 135 Å². The van der Waals surface area contributed by atoms with Gasteiger partial charge in [-0.05, 0) is 32.9 Å². The number of rotatable bonds is 5. The fraction of sp³-hybridized carbons (Fsp3) is 0.471. The molecule has 0 amide bonds. The quantitative estimate of drug-likeness (QED) is 0.852. The van der Waals surface area contributed by atoms with Gasteiger partial charge in [0.25, 0.3) is 6.73 Å². The normalized spacial score (nSPS) is 16.7. The minimum atomic E-state index is 0.0567. The minimum Gasteiger partial charge on any atom is -0.490 e. The molecular weight excluding hydrogens is 292 g/mol. The molecule has 2 N–H and O–H groups in total. The minimum absolute atomic E-state index is 0.0567. The molecule has 0 saturated heterocycles. The lowest BCUT2D eigenvalue weighted by Crippen LogP contribution is -2.15. The Bertz CT molecular complexity index is 771. The lowest BCUT2D eigenvalue weighted by molar-refractivity contribution is -0.652. The maximum atomic E-state index is 6.13. The SMILES string of the molecule is CCOC[N+]1=Nc2c(N)nc3cccc(OC(C)C)c3c2C1C. The molecule has 6 nitrogen and oxygen atoms in total. The van der Waals surface area contributed by atoms with Gasteiger partial charge in [0.05, 0.1) is 29.2 Å². The van der Waals surface area contributed by atoms with E-state index >= 15 is 0 Å². The summed E-state index contributed by atoms with van der Waals surface area (Å²) in [4.78, 5) is 4.50. The molecule has 0 bridgehead atoms. The van der Waals surface area contributed by atoms with Crippen molar-refractivity contribution in [3.63, 3.8) is 0 Å². The van der Waals surface area contributed by atoms with Crippen LogP contribution in [0.25, 0.3) is 10.9 Å². The van der Waals surface area contributed by atoms with E-state index in [2.05, 4.69) is 17.0 Å². The Morgan fingerprint density at radius 2 is 2.13 bits per heavy atom. The van der Waals surface area contributed by atoms with E-state index in [4.69, 9.17) is 15.2 Å². The molecule has 1 atom stereocenters. The molecule has 1 aromatic carbocycles. The predicted molar refractivity (Wildman–Crippen MR) is 89.2 cm³/mol. The Morgan fingerprint density at radius 1 is 1.35 bits per heavy atom. The van der Waals surface area contributed by atoms with Crippen molar-refractivity contribution in [2.75, 3.05) is 19.1 Å². The molecule has 0 aliphatic carbocycles. The van der Waals surface area contributed by atoms with Gasteiger partial charge in [-0.25, -0.2) is 4.98 Å². The Morgan fingerprint density at radius 3 is 2.83 bits per heavy atom. The molecule has 2 aromatic rings. The van der Waals surface area contributed by atoms with E-state index in [0.717, 1.165) is 27.9 Å². The van der Waals surface area contributed by atoms with Crippen molar-refractivity contribution in [2.24, 2.45) is 5.11 Å². The smallest absolute Gasteiger partial charge is 0.273 e. The van der Waals surface area contributed by atoms with Gasteiger partial charge in [-0.1, -0.05) is 10.8 Å². The summed E-state index contributed by atoms with van der Waals surface area (Å²) >= 11 is 0. The summed E-state index contributed by atoms with van der Waals surface area (Å²) in [5, 5.41) is 5.59. The molecule has 1 aliphatic rings. The van der Waals surface area contributed by atoms with E-state index in [0.29, 0.717) is 19.2 Å². The molecule has 1 aliphatic heterocycles. The van der Waals surface area contributed by atoms with Crippen molar-refractivity contribution in [1.82, 2.24) is 4.98 Å². The van der Waals surface area contributed by atoms with Crippen LogP contribution >= 0.6 is 0 Å². The molecule has 1 aromatic heterocycles. The number of hydrogen-bond donors (Lipinski definition) is 1. The van der Waals surface area contributed by atoms with Crippen molar-refractivity contribution in [2.45, 2.75) is 39.8 Å². The molecule has 6 heteroatoms. The molecular formula is C17H23N4O2+. The standard InChI is InChI=1S/C17H22N4O2/c1-5-22-9-21-11(4)14-15-12(19-17(18)16(14)20-21)7-6-8-13(15)23-10(2)3/h6-8,10-11,18H,5,9H2,1-4H3/p+1. The third-order valence-corrected chi connectivity index (χ3v) is 3.90. The number of ether oxygens (including phenoxy) is 2. The molecule has 0 fully saturated rings. The lowest BCUT2D eigenvalue weighted by Gasteiger charge is -2.15. The van der Waals surface area contributed by atoms with Crippen LogP contribution in [0.4, 0.5) is 11.5 Å². The first-order chi connectivity index (χ1) is 11.0.